The first kappa shape index (κ1) is 28.1. The Balaban J connectivity index is 0.000000423. The van der Waals surface area contributed by atoms with E-state index < -0.39 is 29.3 Å². The minimum Gasteiger partial charge on any atom is -0.488 e. The van der Waals surface area contributed by atoms with Crippen molar-refractivity contribution >= 4 is 52.3 Å². The van der Waals surface area contributed by atoms with Gasteiger partial charge in [-0.3, -0.25) is 14.4 Å². The summed E-state index contributed by atoms with van der Waals surface area (Å²) < 4.78 is 5.96. The normalized spacial score (nSPS) is 19.2. The number of thioether (sulfide) groups is 1. The van der Waals surface area contributed by atoms with Crippen LogP contribution in [0.25, 0.3) is 22.3 Å². The standard InChI is InChI=1S/C23H18N4O6S.C6H8S/c28-11-24-17-21(30)27-18(23(31)32)12(10-34-22(17)27)9-33-16-8-4-2-6-14(16)19-25-15-7-3-1-5-13(15)20(29)26-19;1-2-6-4-3-5-7-6/h1-8,10-11,17-18,22H,9H2,(H,24,28)(H,31,32)(H,25,26,29);3-5H,2H2,1H3. The fraction of sp³-hybridized carbons (Fsp3) is 0.207. The third-order valence-electron chi connectivity index (χ3n) is 6.63. The number of fused-ring (bicyclic) bond motifs is 2. The molecule has 2 aliphatic rings. The summed E-state index contributed by atoms with van der Waals surface area (Å²) in [5, 5.41) is 16.0. The molecule has 0 radical (unpaired) electrons. The average molecular weight is 591 g/mol. The number of benzene rings is 2. The predicted molar refractivity (Wildman–Crippen MR) is 158 cm³/mol. The van der Waals surface area contributed by atoms with Gasteiger partial charge in [0, 0.05) is 10.5 Å². The molecule has 2 aromatic carbocycles. The lowest BCUT2D eigenvalue weighted by atomic mass is 9.98. The molecular formula is C29H26N4O6S2. The summed E-state index contributed by atoms with van der Waals surface area (Å²) in [5.41, 5.74) is 1.18. The number of aliphatic carboxylic acids is 1. The number of nitrogens with one attached hydrogen (secondary N) is 2. The van der Waals surface area contributed by atoms with Gasteiger partial charge in [-0.15, -0.1) is 23.1 Å². The number of hydrogen-bond donors (Lipinski definition) is 3. The van der Waals surface area contributed by atoms with E-state index in [-0.39, 0.29) is 12.2 Å². The number of aromatic nitrogens is 2. The van der Waals surface area contributed by atoms with E-state index in [9.17, 15) is 24.3 Å². The molecule has 0 spiro atoms. The van der Waals surface area contributed by atoms with E-state index in [1.807, 2.05) is 11.3 Å². The number of aromatic amines is 1. The zero-order chi connectivity index (χ0) is 28.9. The number of nitrogens with zero attached hydrogens (tertiary/aromatic N) is 2. The van der Waals surface area contributed by atoms with Gasteiger partial charge in [0.25, 0.3) is 5.56 Å². The number of para-hydroxylation sites is 2. The lowest BCUT2D eigenvalue weighted by molar-refractivity contribution is -0.159. The molecule has 0 saturated carbocycles. The molecule has 4 aromatic rings. The second-order valence-electron chi connectivity index (χ2n) is 9.12. The van der Waals surface area contributed by atoms with Crippen LogP contribution in [0.1, 0.15) is 11.8 Å². The SMILES string of the molecule is CCc1cccs1.O=CNC1C(=O)N2C(C(=O)O)C(COc3ccccc3-c3nc4ccccc4c(=O)[nH]3)=CSC12. The molecule has 3 atom stereocenters. The minimum atomic E-state index is -1.20. The van der Waals surface area contributed by atoms with Crippen molar-refractivity contribution in [2.45, 2.75) is 30.8 Å². The van der Waals surface area contributed by atoms with Gasteiger partial charge in [-0.05, 0) is 47.5 Å². The molecule has 2 aromatic heterocycles. The smallest absolute Gasteiger partial charge is 0.330 e. The number of carbonyl (C=O) groups is 3. The van der Waals surface area contributed by atoms with Crippen molar-refractivity contribution in [3.63, 3.8) is 0 Å². The van der Waals surface area contributed by atoms with E-state index >= 15 is 0 Å². The largest absolute Gasteiger partial charge is 0.488 e. The monoisotopic (exact) mass is 590 g/mol. The molecule has 1 fully saturated rings. The van der Waals surface area contributed by atoms with Gasteiger partial charge in [0.1, 0.15) is 29.6 Å². The van der Waals surface area contributed by atoms with Crippen LogP contribution < -0.4 is 15.6 Å². The number of hydrogen-bond acceptors (Lipinski definition) is 8. The van der Waals surface area contributed by atoms with Crippen LogP contribution in [0.5, 0.6) is 5.75 Å². The summed E-state index contributed by atoms with van der Waals surface area (Å²) in [6, 6.07) is 16.2. The molecule has 4 heterocycles. The predicted octanol–water partition coefficient (Wildman–Crippen LogP) is 3.65. The summed E-state index contributed by atoms with van der Waals surface area (Å²) in [4.78, 5) is 57.7. The Bertz CT molecular complexity index is 1670. The van der Waals surface area contributed by atoms with Crippen LogP contribution in [0, 0.1) is 0 Å². The summed E-state index contributed by atoms with van der Waals surface area (Å²) >= 11 is 3.07. The summed E-state index contributed by atoms with van der Waals surface area (Å²) in [6.07, 6.45) is 1.61. The molecule has 0 aliphatic carbocycles. The number of carboxylic acids is 1. The number of ether oxygens (including phenoxy) is 1. The van der Waals surface area contributed by atoms with Gasteiger partial charge in [-0.25, -0.2) is 9.78 Å². The highest BCUT2D eigenvalue weighted by atomic mass is 32.2. The number of rotatable bonds is 8. The molecule has 6 rings (SSSR count). The third-order valence-corrected chi connectivity index (χ3v) is 8.87. The summed E-state index contributed by atoms with van der Waals surface area (Å²) in [6.45, 7) is 2.08. The number of β-lactam (4-membered cyclic amide) rings is 1. The van der Waals surface area contributed by atoms with Gasteiger partial charge >= 0.3 is 5.97 Å². The van der Waals surface area contributed by atoms with Gasteiger partial charge in [0.2, 0.25) is 12.3 Å². The van der Waals surface area contributed by atoms with Gasteiger partial charge in [0.05, 0.1) is 16.5 Å². The van der Waals surface area contributed by atoms with E-state index in [2.05, 4.69) is 39.7 Å². The maximum absolute atomic E-state index is 12.5. The van der Waals surface area contributed by atoms with Crippen molar-refractivity contribution in [2.75, 3.05) is 6.61 Å². The first-order chi connectivity index (χ1) is 19.9. The topological polar surface area (TPSA) is 142 Å². The maximum atomic E-state index is 12.5. The van der Waals surface area contributed by atoms with Gasteiger partial charge in [0.15, 0.2) is 6.04 Å². The van der Waals surface area contributed by atoms with Crippen molar-refractivity contribution in [1.82, 2.24) is 20.2 Å². The van der Waals surface area contributed by atoms with Crippen molar-refractivity contribution in [3.05, 3.63) is 92.3 Å². The van der Waals surface area contributed by atoms with E-state index in [1.54, 1.807) is 53.9 Å². The lowest BCUT2D eigenvalue weighted by Crippen LogP contribution is -2.73. The van der Waals surface area contributed by atoms with Crippen LogP contribution in [-0.4, -0.2) is 62.3 Å². The molecule has 3 unspecified atom stereocenters. The Hall–Kier alpha value is -4.42. The first-order valence-corrected chi connectivity index (χ1v) is 14.6. The average Bonchev–Trinajstić information content (AvgIpc) is 3.53. The zero-order valence-corrected chi connectivity index (χ0v) is 23.5. The Morgan fingerprint density at radius 3 is 2.63 bits per heavy atom. The fourth-order valence-corrected chi connectivity index (χ4v) is 6.48. The summed E-state index contributed by atoms with van der Waals surface area (Å²) in [5.74, 6) is -0.928. The molecule has 41 heavy (non-hydrogen) atoms. The van der Waals surface area contributed by atoms with Crippen LogP contribution in [0.4, 0.5) is 0 Å². The number of thiophene rings is 1. The van der Waals surface area contributed by atoms with Crippen molar-refractivity contribution in [2.24, 2.45) is 0 Å². The van der Waals surface area contributed by atoms with Crippen LogP contribution in [0.15, 0.2) is 81.8 Å². The highest BCUT2D eigenvalue weighted by Crippen LogP contribution is 2.40. The lowest BCUT2D eigenvalue weighted by Gasteiger charge is -2.50. The van der Waals surface area contributed by atoms with Gasteiger partial charge < -0.3 is 25.0 Å². The molecule has 210 valence electrons. The number of carboxylic acid groups (broad SMARTS) is 1. The Morgan fingerprint density at radius 1 is 1.15 bits per heavy atom. The number of aryl methyl sites for hydroxylation is 1. The molecule has 1 saturated heterocycles. The molecule has 10 nitrogen and oxygen atoms in total. The van der Waals surface area contributed by atoms with Crippen LogP contribution in [0.3, 0.4) is 0 Å². The zero-order valence-electron chi connectivity index (χ0n) is 21.9. The molecule has 0 bridgehead atoms. The van der Waals surface area contributed by atoms with Crippen molar-refractivity contribution in [3.8, 4) is 17.1 Å². The van der Waals surface area contributed by atoms with E-state index in [0.717, 1.165) is 0 Å². The third kappa shape index (κ3) is 5.74. The van der Waals surface area contributed by atoms with E-state index in [1.165, 1.54) is 28.0 Å². The molecule has 12 heteroatoms. The van der Waals surface area contributed by atoms with Crippen LogP contribution in [-0.2, 0) is 20.8 Å². The molecular weight excluding hydrogens is 564 g/mol. The van der Waals surface area contributed by atoms with E-state index in [4.69, 9.17) is 4.74 Å². The van der Waals surface area contributed by atoms with Crippen molar-refractivity contribution < 1.29 is 24.2 Å². The molecule has 3 N–H and O–H groups in total. The van der Waals surface area contributed by atoms with Crippen LogP contribution >= 0.6 is 23.1 Å². The Kier molecular flexibility index (Phi) is 8.50. The number of amides is 2. The fourth-order valence-electron chi connectivity index (χ4n) is 4.60. The summed E-state index contributed by atoms with van der Waals surface area (Å²) in [7, 11) is 0. The Labute approximate surface area is 243 Å². The number of carbonyl (C=O) groups excluding carboxylic acids is 2. The number of H-pyrrole nitrogens is 1. The Morgan fingerprint density at radius 2 is 1.93 bits per heavy atom. The highest BCUT2D eigenvalue weighted by Gasteiger charge is 2.55. The van der Waals surface area contributed by atoms with E-state index in [0.29, 0.717) is 40.0 Å². The molecule has 2 amide bonds. The maximum Gasteiger partial charge on any atom is 0.330 e. The molecule has 2 aliphatic heterocycles. The highest BCUT2D eigenvalue weighted by molar-refractivity contribution is 8.03. The second-order valence-corrected chi connectivity index (χ2v) is 11.1. The second kappa shape index (κ2) is 12.4. The van der Waals surface area contributed by atoms with Gasteiger partial charge in [-0.2, -0.15) is 0 Å². The first-order valence-electron chi connectivity index (χ1n) is 12.8. The van der Waals surface area contributed by atoms with Crippen molar-refractivity contribution in [1.29, 1.82) is 0 Å². The quantitative estimate of drug-likeness (QED) is 0.209. The minimum absolute atomic E-state index is 0.0962. The van der Waals surface area contributed by atoms with Crippen LogP contribution in [0.2, 0.25) is 0 Å². The van der Waals surface area contributed by atoms with Gasteiger partial charge in [-0.1, -0.05) is 37.3 Å².